The van der Waals surface area contributed by atoms with Gasteiger partial charge >= 0.3 is 11.9 Å². The molecule has 2 aliphatic rings. The fourth-order valence-corrected chi connectivity index (χ4v) is 3.20. The molecule has 0 saturated heterocycles. The summed E-state index contributed by atoms with van der Waals surface area (Å²) in [6.07, 6.45) is -3.15. The van der Waals surface area contributed by atoms with Gasteiger partial charge in [0.25, 0.3) is 0 Å². The number of hydrogen-bond acceptors (Lipinski definition) is 8. The summed E-state index contributed by atoms with van der Waals surface area (Å²) in [5, 5.41) is 31.3. The molecule has 3 N–H and O–H groups in total. The van der Waals surface area contributed by atoms with Gasteiger partial charge < -0.3 is 29.5 Å². The highest BCUT2D eigenvalue weighted by Gasteiger charge is 2.65. The van der Waals surface area contributed by atoms with Gasteiger partial charge in [-0.15, -0.1) is 0 Å². The quantitative estimate of drug-likeness (QED) is 0.582. The lowest BCUT2D eigenvalue weighted by atomic mass is 9.81. The summed E-state index contributed by atoms with van der Waals surface area (Å²) in [6, 6.07) is 0. The number of aliphatic hydroxyl groups is 3. The van der Waals surface area contributed by atoms with Crippen LogP contribution in [-0.4, -0.2) is 58.5 Å². The van der Waals surface area contributed by atoms with Gasteiger partial charge in [0, 0.05) is 5.92 Å². The molecule has 0 aromatic carbocycles. The second-order valence-electron chi connectivity index (χ2n) is 6.37. The van der Waals surface area contributed by atoms with Crippen molar-refractivity contribution in [2.45, 2.75) is 44.9 Å². The van der Waals surface area contributed by atoms with E-state index in [4.69, 9.17) is 9.47 Å². The molecule has 1 heterocycles. The molecule has 0 amide bonds. The van der Waals surface area contributed by atoms with Crippen molar-refractivity contribution in [3.8, 4) is 0 Å². The number of esters is 2. The second kappa shape index (κ2) is 6.10. The van der Waals surface area contributed by atoms with E-state index in [1.165, 1.54) is 14.0 Å². The SMILES string of the molecule is COC(=O)C1=COC(O)[C@H]2[C@@H]1[C@H](O)[C@H](OC(=O)C(C)C)[C@]2(C)O. The molecule has 8 heteroatoms. The number of methoxy groups -OCH3 is 1. The van der Waals surface area contributed by atoms with Crippen LogP contribution in [0.5, 0.6) is 0 Å². The number of carbonyl (C=O) groups is 2. The molecule has 6 atom stereocenters. The zero-order valence-electron chi connectivity index (χ0n) is 13.4. The molecule has 0 bridgehead atoms. The number of ether oxygens (including phenoxy) is 3. The second-order valence-corrected chi connectivity index (χ2v) is 6.37. The summed E-state index contributed by atoms with van der Waals surface area (Å²) >= 11 is 0. The maximum atomic E-state index is 11.9. The molecule has 1 saturated carbocycles. The van der Waals surface area contributed by atoms with Gasteiger partial charge in [-0.05, 0) is 6.92 Å². The van der Waals surface area contributed by atoms with E-state index < -0.39 is 53.8 Å². The predicted molar refractivity (Wildman–Crippen MR) is 75.5 cm³/mol. The highest BCUT2D eigenvalue weighted by molar-refractivity contribution is 5.89. The van der Waals surface area contributed by atoms with E-state index in [2.05, 4.69) is 4.74 Å². The minimum Gasteiger partial charge on any atom is -0.472 e. The molecular formula is C15H22O8. The third-order valence-corrected chi connectivity index (χ3v) is 4.45. The molecule has 1 unspecified atom stereocenters. The van der Waals surface area contributed by atoms with Gasteiger partial charge in [0.15, 0.2) is 6.10 Å². The Morgan fingerprint density at radius 3 is 2.48 bits per heavy atom. The Kier molecular flexibility index (Phi) is 4.70. The lowest BCUT2D eigenvalue weighted by molar-refractivity contribution is -0.193. The van der Waals surface area contributed by atoms with E-state index >= 15 is 0 Å². The van der Waals surface area contributed by atoms with E-state index in [9.17, 15) is 24.9 Å². The molecule has 0 aromatic heterocycles. The molecule has 0 radical (unpaired) electrons. The maximum absolute atomic E-state index is 11.9. The van der Waals surface area contributed by atoms with Crippen molar-refractivity contribution in [2.75, 3.05) is 7.11 Å². The van der Waals surface area contributed by atoms with Crippen LogP contribution in [0.25, 0.3) is 0 Å². The fourth-order valence-electron chi connectivity index (χ4n) is 3.20. The molecule has 2 rings (SSSR count). The van der Waals surface area contributed by atoms with Gasteiger partial charge in [-0.3, -0.25) is 4.79 Å². The number of carbonyl (C=O) groups excluding carboxylic acids is 2. The fraction of sp³-hybridized carbons (Fsp3) is 0.733. The molecule has 0 aromatic rings. The summed E-state index contributed by atoms with van der Waals surface area (Å²) in [6.45, 7) is 4.55. The first-order valence-electron chi connectivity index (χ1n) is 7.35. The van der Waals surface area contributed by atoms with Crippen molar-refractivity contribution in [1.82, 2.24) is 0 Å². The van der Waals surface area contributed by atoms with Crippen LogP contribution < -0.4 is 0 Å². The number of hydrogen-bond donors (Lipinski definition) is 3. The van der Waals surface area contributed by atoms with Gasteiger partial charge in [-0.1, -0.05) is 13.8 Å². The summed E-state index contributed by atoms with van der Waals surface area (Å²) in [5.74, 6) is -3.85. The topological polar surface area (TPSA) is 123 Å². The van der Waals surface area contributed by atoms with Gasteiger partial charge in [-0.2, -0.15) is 0 Å². The van der Waals surface area contributed by atoms with Crippen LogP contribution in [0, 0.1) is 17.8 Å². The van der Waals surface area contributed by atoms with Crippen LogP contribution in [0.2, 0.25) is 0 Å². The first-order valence-corrected chi connectivity index (χ1v) is 7.35. The Morgan fingerprint density at radius 1 is 1.35 bits per heavy atom. The molecule has 8 nitrogen and oxygen atoms in total. The smallest absolute Gasteiger partial charge is 0.337 e. The highest BCUT2D eigenvalue weighted by Crippen LogP contribution is 2.49. The number of rotatable bonds is 3. The molecule has 23 heavy (non-hydrogen) atoms. The summed E-state index contributed by atoms with van der Waals surface area (Å²) in [7, 11) is 1.17. The number of fused-ring (bicyclic) bond motifs is 1. The van der Waals surface area contributed by atoms with Gasteiger partial charge in [0.2, 0.25) is 6.29 Å². The van der Waals surface area contributed by atoms with Crippen molar-refractivity contribution in [3.63, 3.8) is 0 Å². The summed E-state index contributed by atoms with van der Waals surface area (Å²) in [5.41, 5.74) is -1.82. The summed E-state index contributed by atoms with van der Waals surface area (Å²) in [4.78, 5) is 23.7. The Bertz CT molecular complexity index is 524. The third-order valence-electron chi connectivity index (χ3n) is 4.45. The largest absolute Gasteiger partial charge is 0.472 e. The van der Waals surface area contributed by atoms with Gasteiger partial charge in [0.1, 0.15) is 11.7 Å². The van der Waals surface area contributed by atoms with Crippen molar-refractivity contribution >= 4 is 11.9 Å². The summed E-state index contributed by atoms with van der Waals surface area (Å²) < 4.78 is 14.8. The molecule has 1 fully saturated rings. The normalized spacial score (nSPS) is 39.3. The molecule has 1 aliphatic heterocycles. The maximum Gasteiger partial charge on any atom is 0.337 e. The van der Waals surface area contributed by atoms with E-state index in [0.717, 1.165) is 6.26 Å². The van der Waals surface area contributed by atoms with Crippen LogP contribution >= 0.6 is 0 Å². The monoisotopic (exact) mass is 330 g/mol. The van der Waals surface area contributed by atoms with Crippen LogP contribution in [-0.2, 0) is 23.8 Å². The first-order chi connectivity index (χ1) is 10.6. The Balaban J connectivity index is 2.39. The minimum absolute atomic E-state index is 0.0290. The third kappa shape index (κ3) is 2.82. The van der Waals surface area contributed by atoms with E-state index in [1.54, 1.807) is 13.8 Å². The lowest BCUT2D eigenvalue weighted by Crippen LogP contribution is -2.50. The van der Waals surface area contributed by atoms with Crippen LogP contribution in [0.1, 0.15) is 20.8 Å². The van der Waals surface area contributed by atoms with Gasteiger partial charge in [0.05, 0.1) is 30.8 Å². The van der Waals surface area contributed by atoms with Crippen LogP contribution in [0.15, 0.2) is 11.8 Å². The Hall–Kier alpha value is -1.64. The van der Waals surface area contributed by atoms with Crippen molar-refractivity contribution in [1.29, 1.82) is 0 Å². The average molecular weight is 330 g/mol. The average Bonchev–Trinajstić information content (AvgIpc) is 2.68. The van der Waals surface area contributed by atoms with Crippen LogP contribution in [0.3, 0.4) is 0 Å². The minimum atomic E-state index is -1.79. The van der Waals surface area contributed by atoms with Crippen molar-refractivity contribution in [2.24, 2.45) is 17.8 Å². The first kappa shape index (κ1) is 17.7. The Labute approximate surface area is 133 Å². The zero-order valence-corrected chi connectivity index (χ0v) is 13.4. The molecule has 130 valence electrons. The predicted octanol–water partition coefficient (Wildman–Crippen LogP) is -0.682. The molecule has 0 spiro atoms. The zero-order chi connectivity index (χ0) is 17.5. The van der Waals surface area contributed by atoms with Gasteiger partial charge in [-0.25, -0.2) is 4.79 Å². The Morgan fingerprint density at radius 2 is 1.96 bits per heavy atom. The molecule has 1 aliphatic carbocycles. The van der Waals surface area contributed by atoms with E-state index in [0.29, 0.717) is 0 Å². The van der Waals surface area contributed by atoms with E-state index in [-0.39, 0.29) is 5.57 Å². The molecular weight excluding hydrogens is 308 g/mol. The van der Waals surface area contributed by atoms with Crippen molar-refractivity contribution < 1.29 is 39.1 Å². The number of aliphatic hydroxyl groups excluding tert-OH is 2. The standard InChI is InChI=1S/C15H22O8/c1-6(2)12(17)23-11-10(16)8-7(13(18)21-4)5-22-14(19)9(8)15(11,3)20/h5-6,8-11,14,16,19-20H,1-4H3/t8-,9-,10+,11+,14?,15-/m1/s1. The van der Waals surface area contributed by atoms with Crippen LogP contribution in [0.4, 0.5) is 0 Å². The highest BCUT2D eigenvalue weighted by atomic mass is 16.6. The lowest BCUT2D eigenvalue weighted by Gasteiger charge is -2.36. The van der Waals surface area contributed by atoms with Crippen molar-refractivity contribution in [3.05, 3.63) is 11.8 Å². The van der Waals surface area contributed by atoms with E-state index in [1.807, 2.05) is 0 Å².